The number of halogens is 3. The predicted octanol–water partition coefficient (Wildman–Crippen LogP) is 1.36. The second kappa shape index (κ2) is 6.42. The summed E-state index contributed by atoms with van der Waals surface area (Å²) in [6, 6.07) is 0. The van der Waals surface area contributed by atoms with Crippen LogP contribution in [-0.2, 0) is 0 Å². The normalized spacial score (nSPS) is 16.5. The molecule has 0 saturated heterocycles. The first-order valence-corrected chi connectivity index (χ1v) is 5.42. The molecule has 3 nitrogen and oxygen atoms in total. The number of aliphatic hydroxyl groups is 1. The van der Waals surface area contributed by atoms with Crippen LogP contribution >= 0.6 is 0 Å². The van der Waals surface area contributed by atoms with Gasteiger partial charge in [-0.1, -0.05) is 6.92 Å². The highest BCUT2D eigenvalue weighted by Crippen LogP contribution is 2.17. The maximum Gasteiger partial charge on any atom is 0.401 e. The summed E-state index contributed by atoms with van der Waals surface area (Å²) in [6.45, 7) is 3.18. The Hall–Kier alpha value is -0.330. The largest absolute Gasteiger partial charge is 0.401 e. The molecule has 0 saturated carbocycles. The lowest BCUT2D eigenvalue weighted by molar-refractivity contribution is -0.145. The summed E-state index contributed by atoms with van der Waals surface area (Å²) < 4.78 is 36.3. The lowest BCUT2D eigenvalue weighted by Gasteiger charge is -2.25. The fourth-order valence-corrected chi connectivity index (χ4v) is 1.39. The SMILES string of the molecule is CCN(CCCC(C)(O)CN)CC(F)(F)F. The van der Waals surface area contributed by atoms with Crippen molar-refractivity contribution in [1.82, 2.24) is 4.90 Å². The molecule has 0 aromatic heterocycles. The molecule has 0 fully saturated rings. The molecule has 0 amide bonds. The first kappa shape index (κ1) is 15.7. The fourth-order valence-electron chi connectivity index (χ4n) is 1.39. The van der Waals surface area contributed by atoms with Gasteiger partial charge in [0.15, 0.2) is 0 Å². The van der Waals surface area contributed by atoms with Gasteiger partial charge in [-0.2, -0.15) is 13.2 Å². The van der Waals surface area contributed by atoms with Crippen LogP contribution in [0.5, 0.6) is 0 Å². The summed E-state index contributed by atoms with van der Waals surface area (Å²) >= 11 is 0. The van der Waals surface area contributed by atoms with Gasteiger partial charge in [0, 0.05) is 6.54 Å². The number of hydrogen-bond donors (Lipinski definition) is 2. The van der Waals surface area contributed by atoms with Crippen LogP contribution in [-0.4, -0.2) is 48.0 Å². The van der Waals surface area contributed by atoms with Gasteiger partial charge in [0.2, 0.25) is 0 Å². The minimum Gasteiger partial charge on any atom is -0.389 e. The number of nitrogens with two attached hydrogens (primary N) is 1. The van der Waals surface area contributed by atoms with Gasteiger partial charge in [-0.05, 0) is 32.9 Å². The van der Waals surface area contributed by atoms with Crippen molar-refractivity contribution < 1.29 is 18.3 Å². The lowest BCUT2D eigenvalue weighted by Crippen LogP contribution is -2.37. The van der Waals surface area contributed by atoms with Crippen molar-refractivity contribution in [1.29, 1.82) is 0 Å². The van der Waals surface area contributed by atoms with E-state index in [-0.39, 0.29) is 6.54 Å². The summed E-state index contributed by atoms with van der Waals surface area (Å²) in [7, 11) is 0. The van der Waals surface area contributed by atoms with Crippen LogP contribution in [0, 0.1) is 0 Å². The third-order valence-corrected chi connectivity index (χ3v) is 2.48. The van der Waals surface area contributed by atoms with E-state index in [9.17, 15) is 18.3 Å². The van der Waals surface area contributed by atoms with Crippen LogP contribution in [0.4, 0.5) is 13.2 Å². The third-order valence-electron chi connectivity index (χ3n) is 2.48. The van der Waals surface area contributed by atoms with Gasteiger partial charge in [-0.15, -0.1) is 0 Å². The summed E-state index contributed by atoms with van der Waals surface area (Å²) in [4.78, 5) is 1.31. The Labute approximate surface area is 94.4 Å². The minimum atomic E-state index is -4.16. The summed E-state index contributed by atoms with van der Waals surface area (Å²) in [5.74, 6) is 0. The van der Waals surface area contributed by atoms with Crippen LogP contribution in [0.2, 0.25) is 0 Å². The van der Waals surface area contributed by atoms with E-state index in [0.29, 0.717) is 25.9 Å². The Kier molecular flexibility index (Phi) is 6.28. The molecule has 6 heteroatoms. The molecule has 1 atom stereocenters. The zero-order valence-electron chi connectivity index (χ0n) is 9.85. The minimum absolute atomic E-state index is 0.123. The molecule has 0 spiro atoms. The van der Waals surface area contributed by atoms with Crippen molar-refractivity contribution >= 4 is 0 Å². The molecular formula is C10H21F3N2O. The Morgan fingerprint density at radius 3 is 2.25 bits per heavy atom. The van der Waals surface area contributed by atoms with Crippen LogP contribution in [0.3, 0.4) is 0 Å². The molecule has 0 bridgehead atoms. The average Bonchev–Trinajstić information content (AvgIpc) is 2.14. The van der Waals surface area contributed by atoms with E-state index in [1.54, 1.807) is 13.8 Å². The van der Waals surface area contributed by atoms with E-state index >= 15 is 0 Å². The highest BCUT2D eigenvalue weighted by Gasteiger charge is 2.30. The van der Waals surface area contributed by atoms with E-state index in [1.807, 2.05) is 0 Å². The maximum atomic E-state index is 12.1. The highest BCUT2D eigenvalue weighted by atomic mass is 19.4. The average molecular weight is 242 g/mol. The van der Waals surface area contributed by atoms with Gasteiger partial charge in [0.25, 0.3) is 0 Å². The van der Waals surface area contributed by atoms with Crippen molar-refractivity contribution in [2.75, 3.05) is 26.2 Å². The standard InChI is InChI=1S/C10H21F3N2O/c1-3-15(8-10(11,12)13)6-4-5-9(2,16)7-14/h16H,3-8,14H2,1-2H3. The summed E-state index contributed by atoms with van der Waals surface area (Å²) in [5.41, 5.74) is 4.34. The van der Waals surface area contributed by atoms with Crippen LogP contribution in [0.25, 0.3) is 0 Å². The first-order chi connectivity index (χ1) is 7.20. The van der Waals surface area contributed by atoms with Crippen molar-refractivity contribution in [2.24, 2.45) is 5.73 Å². The van der Waals surface area contributed by atoms with Gasteiger partial charge >= 0.3 is 6.18 Å². The van der Waals surface area contributed by atoms with Crippen molar-refractivity contribution in [3.05, 3.63) is 0 Å². The zero-order valence-corrected chi connectivity index (χ0v) is 9.85. The van der Waals surface area contributed by atoms with Crippen molar-refractivity contribution in [3.63, 3.8) is 0 Å². The topological polar surface area (TPSA) is 49.5 Å². The maximum absolute atomic E-state index is 12.1. The Balaban J connectivity index is 3.89. The summed E-state index contributed by atoms with van der Waals surface area (Å²) in [5, 5.41) is 9.58. The third kappa shape index (κ3) is 7.90. The lowest BCUT2D eigenvalue weighted by atomic mass is 10.0. The Bertz CT molecular complexity index is 195. The van der Waals surface area contributed by atoms with E-state index in [2.05, 4.69) is 0 Å². The predicted molar refractivity (Wildman–Crippen MR) is 57.1 cm³/mol. The van der Waals surface area contributed by atoms with E-state index in [1.165, 1.54) is 4.90 Å². The van der Waals surface area contributed by atoms with Gasteiger partial charge in [0.1, 0.15) is 0 Å². The van der Waals surface area contributed by atoms with Gasteiger partial charge in [-0.3, -0.25) is 4.90 Å². The molecule has 0 aromatic rings. The second-order valence-electron chi connectivity index (χ2n) is 4.29. The summed E-state index contributed by atoms with van der Waals surface area (Å²) in [6.07, 6.45) is -3.24. The quantitative estimate of drug-likeness (QED) is 0.708. The fraction of sp³-hybridized carbons (Fsp3) is 1.00. The molecule has 1 unspecified atom stereocenters. The van der Waals surface area contributed by atoms with Crippen molar-refractivity contribution in [3.8, 4) is 0 Å². The Morgan fingerprint density at radius 2 is 1.88 bits per heavy atom. The molecule has 0 heterocycles. The molecule has 0 aliphatic carbocycles. The van der Waals surface area contributed by atoms with Gasteiger partial charge < -0.3 is 10.8 Å². The second-order valence-corrected chi connectivity index (χ2v) is 4.29. The van der Waals surface area contributed by atoms with Crippen LogP contribution in [0.1, 0.15) is 26.7 Å². The molecule has 0 aliphatic rings. The zero-order chi connectivity index (χ0) is 12.8. The molecule has 0 radical (unpaired) electrons. The first-order valence-electron chi connectivity index (χ1n) is 5.42. The number of hydrogen-bond acceptors (Lipinski definition) is 3. The monoisotopic (exact) mass is 242 g/mol. The van der Waals surface area contributed by atoms with Gasteiger partial charge in [-0.25, -0.2) is 0 Å². The van der Waals surface area contributed by atoms with Gasteiger partial charge in [0.05, 0.1) is 12.1 Å². The molecule has 0 aliphatic heterocycles. The van der Waals surface area contributed by atoms with E-state index in [4.69, 9.17) is 5.73 Å². The molecule has 16 heavy (non-hydrogen) atoms. The number of nitrogens with zero attached hydrogens (tertiary/aromatic N) is 1. The highest BCUT2D eigenvalue weighted by molar-refractivity contribution is 4.74. The molecular weight excluding hydrogens is 221 g/mol. The molecule has 3 N–H and O–H groups in total. The van der Waals surface area contributed by atoms with E-state index in [0.717, 1.165) is 0 Å². The number of rotatable bonds is 7. The molecule has 98 valence electrons. The smallest absolute Gasteiger partial charge is 0.389 e. The van der Waals surface area contributed by atoms with Crippen molar-refractivity contribution in [2.45, 2.75) is 38.5 Å². The Morgan fingerprint density at radius 1 is 1.31 bits per heavy atom. The number of alkyl halides is 3. The van der Waals surface area contributed by atoms with E-state index < -0.39 is 18.3 Å². The molecule has 0 rings (SSSR count). The van der Waals surface area contributed by atoms with Crippen LogP contribution in [0.15, 0.2) is 0 Å². The molecule has 0 aromatic carbocycles. The van der Waals surface area contributed by atoms with Crippen LogP contribution < -0.4 is 5.73 Å².